The summed E-state index contributed by atoms with van der Waals surface area (Å²) < 4.78 is 13.6. The van der Waals surface area contributed by atoms with Crippen molar-refractivity contribution in [2.45, 2.75) is 12.8 Å². The molecule has 5 heteroatoms. The smallest absolute Gasteiger partial charge is 0.312 e. The van der Waals surface area contributed by atoms with E-state index in [4.69, 9.17) is 5.11 Å². The Kier molecular flexibility index (Phi) is 2.98. The Balaban J connectivity index is 3.08. The lowest BCUT2D eigenvalue weighted by Crippen LogP contribution is -2.11. The molecule has 1 heterocycles. The van der Waals surface area contributed by atoms with Crippen LogP contribution in [0.3, 0.4) is 0 Å². The molecular formula is C8H7BrFNO2. The van der Waals surface area contributed by atoms with E-state index in [0.29, 0.717) is 4.47 Å². The minimum absolute atomic E-state index is 0.0456. The van der Waals surface area contributed by atoms with Crippen LogP contribution in [0.2, 0.25) is 0 Å². The van der Waals surface area contributed by atoms with Crippen molar-refractivity contribution in [2.75, 3.05) is 0 Å². The summed E-state index contributed by atoms with van der Waals surface area (Å²) in [4.78, 5) is 14.2. The number of aliphatic carboxylic acids is 1. The normalized spacial score (nSPS) is 12.5. The van der Waals surface area contributed by atoms with Gasteiger partial charge in [-0.25, -0.2) is 4.39 Å². The molecule has 13 heavy (non-hydrogen) atoms. The predicted octanol–water partition coefficient (Wildman–Crippen LogP) is 2.17. The van der Waals surface area contributed by atoms with Crippen molar-refractivity contribution in [3.8, 4) is 0 Å². The van der Waals surface area contributed by atoms with Gasteiger partial charge < -0.3 is 5.11 Å². The van der Waals surface area contributed by atoms with E-state index < -0.39 is 17.7 Å². The maximum atomic E-state index is 13.1. The second-order valence-corrected chi connectivity index (χ2v) is 3.50. The van der Waals surface area contributed by atoms with Crippen LogP contribution in [-0.4, -0.2) is 16.1 Å². The molecule has 1 N–H and O–H groups in total. The number of carbonyl (C=O) groups is 1. The summed E-state index contributed by atoms with van der Waals surface area (Å²) >= 11 is 3.03. The predicted molar refractivity (Wildman–Crippen MR) is 47.9 cm³/mol. The Bertz CT molecular complexity index is 343. The molecule has 1 aromatic rings. The summed E-state index contributed by atoms with van der Waals surface area (Å²) in [6, 6.07) is 1.20. The molecule has 0 bridgehead atoms. The van der Waals surface area contributed by atoms with Gasteiger partial charge in [0, 0.05) is 10.7 Å². The van der Waals surface area contributed by atoms with Gasteiger partial charge in [-0.15, -0.1) is 0 Å². The van der Waals surface area contributed by atoms with Gasteiger partial charge in [0.15, 0.2) is 0 Å². The first-order chi connectivity index (χ1) is 6.02. The molecular weight excluding hydrogens is 241 g/mol. The number of pyridine rings is 1. The Hall–Kier alpha value is -0.970. The van der Waals surface area contributed by atoms with Gasteiger partial charge in [-0.1, -0.05) is 0 Å². The number of halogens is 2. The maximum absolute atomic E-state index is 13.1. The topological polar surface area (TPSA) is 50.2 Å². The molecule has 0 fully saturated rings. The van der Waals surface area contributed by atoms with Gasteiger partial charge in [0.1, 0.15) is 5.82 Å². The van der Waals surface area contributed by atoms with Crippen LogP contribution in [0.15, 0.2) is 16.7 Å². The van der Waals surface area contributed by atoms with E-state index in [9.17, 15) is 9.18 Å². The highest BCUT2D eigenvalue weighted by atomic mass is 79.9. The van der Waals surface area contributed by atoms with Gasteiger partial charge in [-0.05, 0) is 28.9 Å². The van der Waals surface area contributed by atoms with Crippen LogP contribution in [0.4, 0.5) is 4.39 Å². The number of nitrogens with zero attached hydrogens (tertiary/aromatic N) is 1. The average molecular weight is 248 g/mol. The molecule has 1 atom stereocenters. The van der Waals surface area contributed by atoms with Crippen molar-refractivity contribution < 1.29 is 14.3 Å². The first kappa shape index (κ1) is 10.1. The Morgan fingerprint density at radius 1 is 1.77 bits per heavy atom. The Morgan fingerprint density at radius 3 is 2.85 bits per heavy atom. The van der Waals surface area contributed by atoms with E-state index in [1.54, 1.807) is 0 Å². The fraction of sp³-hybridized carbons (Fsp3) is 0.250. The average Bonchev–Trinajstić information content (AvgIpc) is 2.03. The van der Waals surface area contributed by atoms with Crippen LogP contribution >= 0.6 is 15.9 Å². The number of hydrogen-bond acceptors (Lipinski definition) is 2. The summed E-state index contributed by atoms with van der Waals surface area (Å²) in [6.07, 6.45) is 1.37. The van der Waals surface area contributed by atoms with Crippen molar-refractivity contribution in [3.63, 3.8) is 0 Å². The molecule has 0 amide bonds. The van der Waals surface area contributed by atoms with E-state index in [1.807, 2.05) is 0 Å². The highest BCUT2D eigenvalue weighted by Gasteiger charge is 2.19. The van der Waals surface area contributed by atoms with Crippen LogP contribution in [-0.2, 0) is 4.79 Å². The number of rotatable bonds is 2. The summed E-state index contributed by atoms with van der Waals surface area (Å²) in [5.74, 6) is -2.62. The molecule has 1 rings (SSSR count). The summed E-state index contributed by atoms with van der Waals surface area (Å²) in [5.41, 5.74) is -0.0456. The Labute approximate surface area is 82.7 Å². The quantitative estimate of drug-likeness (QED) is 0.872. The van der Waals surface area contributed by atoms with Crippen LogP contribution < -0.4 is 0 Å². The minimum atomic E-state index is -1.09. The molecule has 0 aliphatic heterocycles. The van der Waals surface area contributed by atoms with E-state index in [2.05, 4.69) is 20.9 Å². The van der Waals surface area contributed by atoms with Gasteiger partial charge in [0.05, 0.1) is 11.6 Å². The van der Waals surface area contributed by atoms with Crippen molar-refractivity contribution in [1.29, 1.82) is 0 Å². The van der Waals surface area contributed by atoms with Gasteiger partial charge in [0.2, 0.25) is 0 Å². The molecule has 0 spiro atoms. The first-order valence-electron chi connectivity index (χ1n) is 3.56. The molecule has 0 aliphatic rings. The van der Waals surface area contributed by atoms with Crippen molar-refractivity contribution >= 4 is 21.9 Å². The minimum Gasteiger partial charge on any atom is -0.481 e. The van der Waals surface area contributed by atoms with Gasteiger partial charge in [-0.3, -0.25) is 9.78 Å². The lowest BCUT2D eigenvalue weighted by Gasteiger charge is -2.06. The molecule has 0 aromatic carbocycles. The summed E-state index contributed by atoms with van der Waals surface area (Å²) in [6.45, 7) is 1.39. The molecule has 70 valence electrons. The van der Waals surface area contributed by atoms with Crippen molar-refractivity contribution in [3.05, 3.63) is 28.2 Å². The highest BCUT2D eigenvalue weighted by Crippen LogP contribution is 2.19. The lowest BCUT2D eigenvalue weighted by atomic mass is 10.1. The Morgan fingerprint density at radius 2 is 2.38 bits per heavy atom. The monoisotopic (exact) mass is 247 g/mol. The zero-order valence-electron chi connectivity index (χ0n) is 6.79. The van der Waals surface area contributed by atoms with E-state index in [1.165, 1.54) is 19.2 Å². The van der Waals surface area contributed by atoms with Gasteiger partial charge >= 0.3 is 5.97 Å². The SMILES string of the molecule is CC(C(=O)O)c1ncc(Br)cc1F. The van der Waals surface area contributed by atoms with Crippen LogP contribution in [0.25, 0.3) is 0 Å². The largest absolute Gasteiger partial charge is 0.481 e. The third-order valence-corrected chi connectivity index (χ3v) is 2.05. The first-order valence-corrected chi connectivity index (χ1v) is 4.35. The third-order valence-electron chi connectivity index (χ3n) is 1.62. The number of aromatic nitrogens is 1. The van der Waals surface area contributed by atoms with Crippen LogP contribution in [0.1, 0.15) is 18.5 Å². The maximum Gasteiger partial charge on any atom is 0.312 e. The second-order valence-electron chi connectivity index (χ2n) is 2.58. The van der Waals surface area contributed by atoms with Crippen molar-refractivity contribution in [1.82, 2.24) is 4.98 Å². The van der Waals surface area contributed by atoms with Crippen LogP contribution in [0, 0.1) is 5.82 Å². The molecule has 0 aliphatic carbocycles. The summed E-state index contributed by atoms with van der Waals surface area (Å²) in [5, 5.41) is 8.61. The summed E-state index contributed by atoms with van der Waals surface area (Å²) in [7, 11) is 0. The number of carboxylic acids is 1. The number of carboxylic acid groups (broad SMARTS) is 1. The fourth-order valence-electron chi connectivity index (χ4n) is 0.861. The zero-order chi connectivity index (χ0) is 10.0. The van der Waals surface area contributed by atoms with Crippen molar-refractivity contribution in [2.24, 2.45) is 0 Å². The molecule has 0 radical (unpaired) electrons. The van der Waals surface area contributed by atoms with Gasteiger partial charge in [-0.2, -0.15) is 0 Å². The van der Waals surface area contributed by atoms with Crippen LogP contribution in [0.5, 0.6) is 0 Å². The van der Waals surface area contributed by atoms with E-state index >= 15 is 0 Å². The molecule has 3 nitrogen and oxygen atoms in total. The second kappa shape index (κ2) is 3.83. The van der Waals surface area contributed by atoms with E-state index in [-0.39, 0.29) is 5.69 Å². The fourth-order valence-corrected chi connectivity index (χ4v) is 1.16. The molecule has 0 saturated heterocycles. The number of hydrogen-bond donors (Lipinski definition) is 1. The molecule has 0 saturated carbocycles. The molecule has 1 aromatic heterocycles. The van der Waals surface area contributed by atoms with E-state index in [0.717, 1.165) is 0 Å². The zero-order valence-corrected chi connectivity index (χ0v) is 8.38. The standard InChI is InChI=1S/C8H7BrFNO2/c1-4(8(12)13)7-6(10)2-5(9)3-11-7/h2-4H,1H3,(H,12,13). The van der Waals surface area contributed by atoms with Gasteiger partial charge in [0.25, 0.3) is 0 Å². The highest BCUT2D eigenvalue weighted by molar-refractivity contribution is 9.10. The molecule has 1 unspecified atom stereocenters. The lowest BCUT2D eigenvalue weighted by molar-refractivity contribution is -0.138. The third kappa shape index (κ3) is 2.24.